The molecule has 0 saturated carbocycles. The summed E-state index contributed by atoms with van der Waals surface area (Å²) >= 11 is 0. The number of benzene rings is 1. The van der Waals surface area contributed by atoms with Crippen molar-refractivity contribution in [1.82, 2.24) is 14.7 Å². The maximum absolute atomic E-state index is 10.2. The zero-order chi connectivity index (χ0) is 18.7. The Kier molecular flexibility index (Phi) is 6.70. The molecule has 5 heteroatoms. The molecule has 1 aromatic carbocycles. The number of rotatable bonds is 6. The van der Waals surface area contributed by atoms with Gasteiger partial charge in [0.05, 0.1) is 12.2 Å². The number of piperazine rings is 1. The lowest BCUT2D eigenvalue weighted by atomic mass is 9.99. The van der Waals surface area contributed by atoms with Crippen molar-refractivity contribution < 1.29 is 9.84 Å². The second kappa shape index (κ2) is 8.81. The molecule has 0 bridgehead atoms. The first-order chi connectivity index (χ1) is 12.5. The first-order valence-electron chi connectivity index (χ1n) is 9.98. The van der Waals surface area contributed by atoms with Crippen LogP contribution in [0.2, 0.25) is 0 Å². The van der Waals surface area contributed by atoms with Gasteiger partial charge in [-0.15, -0.1) is 0 Å². The molecule has 0 amide bonds. The van der Waals surface area contributed by atoms with E-state index in [1.54, 1.807) is 0 Å². The Labute approximate surface area is 158 Å². The zero-order valence-electron chi connectivity index (χ0n) is 16.9. The van der Waals surface area contributed by atoms with Crippen LogP contribution < -0.4 is 0 Å². The van der Waals surface area contributed by atoms with E-state index < -0.39 is 0 Å². The number of aliphatic hydroxyl groups excluding tert-OH is 1. The second-order valence-corrected chi connectivity index (χ2v) is 8.04. The average Bonchev–Trinajstić information content (AvgIpc) is 2.94. The van der Waals surface area contributed by atoms with Crippen LogP contribution in [0, 0.1) is 13.8 Å². The lowest BCUT2D eigenvalue weighted by Gasteiger charge is -2.33. The highest BCUT2D eigenvalue weighted by Crippen LogP contribution is 2.22. The number of aliphatic hydroxyl groups is 1. The van der Waals surface area contributed by atoms with E-state index in [-0.39, 0.29) is 12.2 Å². The summed E-state index contributed by atoms with van der Waals surface area (Å²) in [6.07, 6.45) is -0.416. The van der Waals surface area contributed by atoms with Gasteiger partial charge in [-0.05, 0) is 50.1 Å². The van der Waals surface area contributed by atoms with E-state index in [0.29, 0.717) is 13.2 Å². The largest absolute Gasteiger partial charge is 0.389 e. The molecule has 1 N–H and O–H groups in total. The van der Waals surface area contributed by atoms with Crippen molar-refractivity contribution in [3.05, 3.63) is 34.4 Å². The lowest BCUT2D eigenvalue weighted by Crippen LogP contribution is -2.44. The summed E-state index contributed by atoms with van der Waals surface area (Å²) in [5.41, 5.74) is 5.55. The molecule has 3 rings (SSSR count). The van der Waals surface area contributed by atoms with Crippen LogP contribution in [0.15, 0.2) is 12.1 Å². The summed E-state index contributed by atoms with van der Waals surface area (Å²) in [5.74, 6) is 0. The fourth-order valence-corrected chi connectivity index (χ4v) is 4.12. The third-order valence-electron chi connectivity index (χ3n) is 5.87. The Bertz CT molecular complexity index is 599. The van der Waals surface area contributed by atoms with Crippen molar-refractivity contribution in [2.75, 3.05) is 52.9 Å². The minimum absolute atomic E-state index is 0.0458. The minimum Gasteiger partial charge on any atom is -0.389 e. The number of nitrogens with zero attached hydrogens (tertiary/aromatic N) is 3. The molecule has 0 radical (unpaired) electrons. The smallest absolute Gasteiger partial charge is 0.0972 e. The molecular formula is C21H35N3O2. The quantitative estimate of drug-likeness (QED) is 0.834. The molecular weight excluding hydrogens is 326 g/mol. The number of hydrogen-bond acceptors (Lipinski definition) is 5. The molecule has 26 heavy (non-hydrogen) atoms. The van der Waals surface area contributed by atoms with Crippen molar-refractivity contribution >= 4 is 0 Å². The molecule has 2 fully saturated rings. The summed E-state index contributed by atoms with van der Waals surface area (Å²) in [7, 11) is 2.20. The van der Waals surface area contributed by atoms with Gasteiger partial charge in [0.25, 0.3) is 0 Å². The first-order valence-corrected chi connectivity index (χ1v) is 9.98. The fourth-order valence-electron chi connectivity index (χ4n) is 4.12. The predicted molar refractivity (Wildman–Crippen MR) is 105 cm³/mol. The van der Waals surface area contributed by atoms with Crippen LogP contribution in [0.4, 0.5) is 0 Å². The van der Waals surface area contributed by atoms with E-state index >= 15 is 0 Å². The van der Waals surface area contributed by atoms with Gasteiger partial charge in [-0.25, -0.2) is 0 Å². The Balaban J connectivity index is 1.66. The van der Waals surface area contributed by atoms with Gasteiger partial charge in [0.15, 0.2) is 0 Å². The van der Waals surface area contributed by atoms with Crippen LogP contribution in [0.5, 0.6) is 0 Å². The van der Waals surface area contributed by atoms with Gasteiger partial charge in [0.2, 0.25) is 0 Å². The van der Waals surface area contributed by atoms with E-state index in [4.69, 9.17) is 4.74 Å². The highest BCUT2D eigenvalue weighted by molar-refractivity contribution is 5.37. The molecule has 5 nitrogen and oxygen atoms in total. The van der Waals surface area contributed by atoms with Crippen LogP contribution in [-0.2, 0) is 17.8 Å². The molecule has 2 atom stereocenters. The molecule has 2 saturated heterocycles. The summed E-state index contributed by atoms with van der Waals surface area (Å²) < 4.78 is 5.66. The number of likely N-dealkylation sites (tertiary alicyclic amines) is 1. The monoisotopic (exact) mass is 361 g/mol. The van der Waals surface area contributed by atoms with Crippen LogP contribution >= 0.6 is 0 Å². The SMILES string of the molecule is CCO[C@H]1CN(Cc2cc(CN3CCN(C)CC3)c(C)cc2C)C[C@@H]1O. The lowest BCUT2D eigenvalue weighted by molar-refractivity contribution is -0.00245. The number of hydrogen-bond donors (Lipinski definition) is 1. The van der Waals surface area contributed by atoms with Gasteiger partial charge in [-0.3, -0.25) is 9.80 Å². The van der Waals surface area contributed by atoms with Gasteiger partial charge in [0.1, 0.15) is 0 Å². The highest BCUT2D eigenvalue weighted by atomic mass is 16.5. The van der Waals surface area contributed by atoms with E-state index in [1.165, 1.54) is 22.3 Å². The maximum atomic E-state index is 10.2. The highest BCUT2D eigenvalue weighted by Gasteiger charge is 2.31. The van der Waals surface area contributed by atoms with Gasteiger partial charge in [-0.2, -0.15) is 0 Å². The summed E-state index contributed by atoms with van der Waals surface area (Å²) in [5, 5.41) is 10.2. The van der Waals surface area contributed by atoms with Crippen LogP contribution in [0.3, 0.4) is 0 Å². The standard InChI is InChI=1S/C21H35N3O2/c1-5-26-21-15-24(14-20(21)25)13-19-11-18(16(2)10-17(19)3)12-23-8-6-22(4)7-9-23/h10-11,20-21,25H,5-9,12-15H2,1-4H3/t20-,21-/m0/s1. The van der Waals surface area contributed by atoms with Crippen molar-refractivity contribution in [3.8, 4) is 0 Å². The molecule has 2 heterocycles. The van der Waals surface area contributed by atoms with Gasteiger partial charge >= 0.3 is 0 Å². The van der Waals surface area contributed by atoms with Crippen molar-refractivity contribution in [3.63, 3.8) is 0 Å². The Morgan fingerprint density at radius 3 is 2.19 bits per heavy atom. The van der Waals surface area contributed by atoms with Crippen LogP contribution in [0.25, 0.3) is 0 Å². The van der Waals surface area contributed by atoms with Crippen molar-refractivity contribution in [2.45, 2.75) is 46.1 Å². The van der Waals surface area contributed by atoms with Crippen molar-refractivity contribution in [2.24, 2.45) is 0 Å². The predicted octanol–water partition coefficient (Wildman–Crippen LogP) is 1.63. The number of β-amino-alcohol motifs (C(OH)–C–C–N with tert-alkyl or cyclic N) is 1. The number of likely N-dealkylation sites (N-methyl/N-ethyl adjacent to an activating group) is 1. The summed E-state index contributed by atoms with van der Waals surface area (Å²) in [6.45, 7) is 15.1. The zero-order valence-corrected chi connectivity index (χ0v) is 16.9. The molecule has 0 unspecified atom stereocenters. The van der Waals surface area contributed by atoms with Crippen LogP contribution in [0.1, 0.15) is 29.2 Å². The first kappa shape index (κ1) is 19.8. The van der Waals surface area contributed by atoms with Gasteiger partial charge < -0.3 is 14.7 Å². The second-order valence-electron chi connectivity index (χ2n) is 8.04. The van der Waals surface area contributed by atoms with E-state index in [1.807, 2.05) is 6.92 Å². The molecule has 146 valence electrons. The number of ether oxygens (including phenoxy) is 1. The number of aryl methyl sites for hydroxylation is 2. The maximum Gasteiger partial charge on any atom is 0.0972 e. The third-order valence-corrected chi connectivity index (χ3v) is 5.87. The molecule has 0 spiro atoms. The molecule has 0 aliphatic carbocycles. The molecule has 2 aliphatic heterocycles. The normalized spacial score (nSPS) is 25.9. The third kappa shape index (κ3) is 4.84. The van der Waals surface area contributed by atoms with E-state index in [9.17, 15) is 5.11 Å². The topological polar surface area (TPSA) is 39.2 Å². The fraction of sp³-hybridized carbons (Fsp3) is 0.714. The summed E-state index contributed by atoms with van der Waals surface area (Å²) in [4.78, 5) is 7.28. The molecule has 1 aromatic rings. The Hall–Kier alpha value is -0.980. The Morgan fingerprint density at radius 2 is 1.58 bits per heavy atom. The minimum atomic E-state index is -0.370. The average molecular weight is 362 g/mol. The van der Waals surface area contributed by atoms with Gasteiger partial charge in [0, 0.05) is 59.0 Å². The van der Waals surface area contributed by atoms with Crippen molar-refractivity contribution in [1.29, 1.82) is 0 Å². The Morgan fingerprint density at radius 1 is 0.962 bits per heavy atom. The van der Waals surface area contributed by atoms with Crippen LogP contribution in [-0.4, -0.2) is 84.9 Å². The summed E-state index contributed by atoms with van der Waals surface area (Å²) in [6, 6.07) is 4.72. The molecule has 0 aromatic heterocycles. The molecule has 2 aliphatic rings. The van der Waals surface area contributed by atoms with E-state index in [2.05, 4.69) is 47.7 Å². The van der Waals surface area contributed by atoms with E-state index in [0.717, 1.165) is 45.8 Å². The van der Waals surface area contributed by atoms with Gasteiger partial charge in [-0.1, -0.05) is 12.1 Å².